The van der Waals surface area contributed by atoms with Gasteiger partial charge in [-0.25, -0.2) is 0 Å². The molecule has 0 unspecified atom stereocenters. The first kappa shape index (κ1) is 11.5. The van der Waals surface area contributed by atoms with E-state index >= 15 is 0 Å². The molecule has 2 aromatic carbocycles. The molecule has 0 aliphatic rings. The molecule has 0 bridgehead atoms. The summed E-state index contributed by atoms with van der Waals surface area (Å²) in [4.78, 5) is 0. The van der Waals surface area contributed by atoms with Gasteiger partial charge in [-0.3, -0.25) is 0 Å². The molecule has 0 aromatic heterocycles. The van der Waals surface area contributed by atoms with Crippen LogP contribution in [0.15, 0.2) is 54.6 Å². The topological polar surface area (TPSA) is 0 Å². The number of hydrogen-bond acceptors (Lipinski definition) is 0. The zero-order chi connectivity index (χ0) is 11.6. The van der Waals surface area contributed by atoms with Crippen molar-refractivity contribution in [1.29, 1.82) is 0 Å². The van der Waals surface area contributed by atoms with Crippen LogP contribution in [0.3, 0.4) is 0 Å². The van der Waals surface area contributed by atoms with Crippen molar-refractivity contribution < 1.29 is 0 Å². The summed E-state index contributed by atoms with van der Waals surface area (Å²) in [5.74, 6) is 7.28. The molecule has 0 aliphatic heterocycles. The summed E-state index contributed by atoms with van der Waals surface area (Å²) in [6, 6.07) is 19.7. The molecular weight excluding hydrogens is 253 g/mol. The summed E-state index contributed by atoms with van der Waals surface area (Å²) in [5.41, 5.74) is 2.62. The van der Waals surface area contributed by atoms with Crippen molar-refractivity contribution >= 4 is 17.7 Å². The van der Waals surface area contributed by atoms with Gasteiger partial charge in [0.15, 0.2) is 0 Å². The van der Waals surface area contributed by atoms with Gasteiger partial charge >= 0.3 is 101 Å². The summed E-state index contributed by atoms with van der Waals surface area (Å²) in [6.45, 7) is 0. The van der Waals surface area contributed by atoms with Crippen molar-refractivity contribution in [2.75, 3.05) is 0 Å². The number of rotatable bonds is 2. The molecule has 0 saturated heterocycles. The first-order chi connectivity index (χ1) is 7.57. The van der Waals surface area contributed by atoms with Crippen molar-refractivity contribution in [3.8, 4) is 11.1 Å². The molecule has 16 heavy (non-hydrogen) atoms. The van der Waals surface area contributed by atoms with Gasteiger partial charge in [0, 0.05) is 0 Å². The molecular formula is C15H18Ge. The van der Waals surface area contributed by atoms with Crippen LogP contribution in [0.25, 0.3) is 11.1 Å². The first-order valence-electron chi connectivity index (χ1n) is 5.73. The fourth-order valence-electron chi connectivity index (χ4n) is 1.79. The standard InChI is InChI=1S/C15H18Ge/c1-16(2,3)15-11-9-14(10-12-15)13-7-5-4-6-8-13/h4-12H,1-3H3. The Labute approximate surface area is 101 Å². The van der Waals surface area contributed by atoms with Crippen LogP contribution in [0.5, 0.6) is 0 Å². The number of hydrogen-bond donors (Lipinski definition) is 0. The minimum absolute atomic E-state index is 1.30. The van der Waals surface area contributed by atoms with Crippen LogP contribution in [0.4, 0.5) is 0 Å². The average molecular weight is 271 g/mol. The zero-order valence-electron chi connectivity index (χ0n) is 10.2. The predicted octanol–water partition coefficient (Wildman–Crippen LogP) is 3.90. The van der Waals surface area contributed by atoms with Crippen molar-refractivity contribution in [2.24, 2.45) is 0 Å². The van der Waals surface area contributed by atoms with Crippen LogP contribution < -0.4 is 4.40 Å². The van der Waals surface area contributed by atoms with Crippen molar-refractivity contribution in [2.45, 2.75) is 17.3 Å². The predicted molar refractivity (Wildman–Crippen MR) is 74.9 cm³/mol. The summed E-state index contributed by atoms with van der Waals surface area (Å²) in [7, 11) is 0. The molecule has 0 fully saturated rings. The van der Waals surface area contributed by atoms with Gasteiger partial charge in [-0.1, -0.05) is 0 Å². The first-order valence-corrected chi connectivity index (χ1v) is 13.1. The normalized spacial score (nSPS) is 11.4. The Bertz CT molecular complexity index is 449. The van der Waals surface area contributed by atoms with E-state index in [-0.39, 0.29) is 0 Å². The fourth-order valence-corrected chi connectivity index (χ4v) is 4.24. The molecule has 0 saturated carbocycles. The minimum atomic E-state index is -1.64. The summed E-state index contributed by atoms with van der Waals surface area (Å²) >= 11 is -1.64. The molecule has 0 nitrogen and oxygen atoms in total. The number of benzene rings is 2. The van der Waals surface area contributed by atoms with Gasteiger partial charge < -0.3 is 0 Å². The Morgan fingerprint density at radius 1 is 0.625 bits per heavy atom. The Kier molecular flexibility index (Phi) is 3.20. The van der Waals surface area contributed by atoms with E-state index in [9.17, 15) is 0 Å². The van der Waals surface area contributed by atoms with E-state index in [1.807, 2.05) is 0 Å². The molecule has 0 radical (unpaired) electrons. The second kappa shape index (κ2) is 4.46. The van der Waals surface area contributed by atoms with Crippen molar-refractivity contribution in [3.05, 3.63) is 54.6 Å². The van der Waals surface area contributed by atoms with Gasteiger partial charge in [-0.2, -0.15) is 0 Å². The van der Waals surface area contributed by atoms with Gasteiger partial charge in [0.25, 0.3) is 0 Å². The van der Waals surface area contributed by atoms with Gasteiger partial charge in [0.2, 0.25) is 0 Å². The van der Waals surface area contributed by atoms with E-state index in [4.69, 9.17) is 0 Å². The van der Waals surface area contributed by atoms with Crippen molar-refractivity contribution in [3.63, 3.8) is 0 Å². The van der Waals surface area contributed by atoms with E-state index < -0.39 is 13.3 Å². The van der Waals surface area contributed by atoms with E-state index in [1.165, 1.54) is 11.1 Å². The van der Waals surface area contributed by atoms with Gasteiger partial charge in [-0.05, 0) is 0 Å². The maximum absolute atomic E-state index is 2.43. The molecule has 82 valence electrons. The Morgan fingerprint density at radius 3 is 1.62 bits per heavy atom. The van der Waals surface area contributed by atoms with Gasteiger partial charge in [0.1, 0.15) is 0 Å². The summed E-state index contributed by atoms with van der Waals surface area (Å²) in [6.07, 6.45) is 0. The third-order valence-electron chi connectivity index (χ3n) is 2.86. The Morgan fingerprint density at radius 2 is 1.12 bits per heavy atom. The van der Waals surface area contributed by atoms with E-state index in [0.717, 1.165) is 0 Å². The van der Waals surface area contributed by atoms with Crippen LogP contribution in [-0.4, -0.2) is 13.3 Å². The molecule has 0 aliphatic carbocycles. The zero-order valence-corrected chi connectivity index (χ0v) is 12.3. The third kappa shape index (κ3) is 2.56. The van der Waals surface area contributed by atoms with Crippen LogP contribution in [-0.2, 0) is 0 Å². The van der Waals surface area contributed by atoms with E-state index in [1.54, 1.807) is 4.40 Å². The SMILES string of the molecule is [CH3][Ge]([CH3])([CH3])[c]1ccc(-c2ccccc2)cc1. The van der Waals surface area contributed by atoms with Crippen LogP contribution in [0.2, 0.25) is 17.3 Å². The van der Waals surface area contributed by atoms with Crippen LogP contribution in [0, 0.1) is 0 Å². The maximum atomic E-state index is 2.43. The second-order valence-electron chi connectivity index (χ2n) is 5.19. The van der Waals surface area contributed by atoms with Gasteiger partial charge in [0.05, 0.1) is 0 Å². The van der Waals surface area contributed by atoms with E-state index in [0.29, 0.717) is 0 Å². The molecule has 2 rings (SSSR count). The van der Waals surface area contributed by atoms with E-state index in [2.05, 4.69) is 71.9 Å². The molecule has 0 heterocycles. The monoisotopic (exact) mass is 272 g/mol. The Balaban J connectivity index is 2.34. The summed E-state index contributed by atoms with van der Waals surface area (Å²) < 4.78 is 1.57. The average Bonchev–Trinajstić information content (AvgIpc) is 2.29. The van der Waals surface area contributed by atoms with Crippen molar-refractivity contribution in [1.82, 2.24) is 0 Å². The molecule has 0 spiro atoms. The molecule has 2 aromatic rings. The molecule has 1 heteroatoms. The Hall–Kier alpha value is -1.02. The fraction of sp³-hybridized carbons (Fsp3) is 0.200. The van der Waals surface area contributed by atoms with Crippen LogP contribution >= 0.6 is 0 Å². The van der Waals surface area contributed by atoms with Gasteiger partial charge in [-0.15, -0.1) is 0 Å². The summed E-state index contributed by atoms with van der Waals surface area (Å²) in [5, 5.41) is 0. The molecule has 0 amide bonds. The van der Waals surface area contributed by atoms with Crippen LogP contribution in [0.1, 0.15) is 0 Å². The second-order valence-corrected chi connectivity index (χ2v) is 15.8. The quantitative estimate of drug-likeness (QED) is 0.726. The molecule has 0 N–H and O–H groups in total. The third-order valence-corrected chi connectivity index (χ3v) is 7.19. The molecule has 0 atom stereocenters.